The quantitative estimate of drug-likeness (QED) is 0.398. The molecule has 0 radical (unpaired) electrons. The van der Waals surface area contributed by atoms with Gasteiger partial charge in [-0.3, -0.25) is 0 Å². The number of rotatable bonds is 12. The topological polar surface area (TPSA) is 97.8 Å². The maximum Gasteiger partial charge on any atom is 0.244 e. The highest BCUT2D eigenvalue weighted by atomic mass is 32.2. The summed E-state index contributed by atoms with van der Waals surface area (Å²) < 4.78 is 29.6. The van der Waals surface area contributed by atoms with Crippen LogP contribution in [-0.4, -0.2) is 86.8 Å². The van der Waals surface area contributed by atoms with E-state index in [2.05, 4.69) is 38.8 Å². The number of aryl methyl sites for hydroxylation is 1. The fourth-order valence-electron chi connectivity index (χ4n) is 5.59. The number of aliphatic hydroxyl groups is 1. The molecule has 3 N–H and O–H groups in total. The molecule has 2 fully saturated rings. The van der Waals surface area contributed by atoms with Gasteiger partial charge in [0, 0.05) is 24.8 Å². The zero-order valence-corrected chi connectivity index (χ0v) is 23.0. The molecule has 8 nitrogen and oxygen atoms in total. The molecule has 9 heteroatoms. The highest BCUT2D eigenvalue weighted by molar-refractivity contribution is 7.89. The van der Waals surface area contributed by atoms with Crippen LogP contribution in [-0.2, 0) is 10.0 Å². The van der Waals surface area contributed by atoms with Crippen molar-refractivity contribution in [1.29, 1.82) is 0 Å². The summed E-state index contributed by atoms with van der Waals surface area (Å²) in [5.41, 5.74) is 1.31. The normalized spacial score (nSPS) is 20.4. The number of aromatic nitrogens is 1. The number of nitrogens with zero attached hydrogens (tertiary/aromatic N) is 3. The molecule has 1 aliphatic heterocycles. The molecule has 1 atom stereocenters. The minimum absolute atomic E-state index is 0.144. The Kier molecular flexibility index (Phi) is 10.4. The van der Waals surface area contributed by atoms with E-state index in [1.807, 2.05) is 13.8 Å². The number of anilines is 1. The van der Waals surface area contributed by atoms with Crippen molar-refractivity contribution in [3.8, 4) is 0 Å². The first-order valence-corrected chi connectivity index (χ1v) is 14.9. The third kappa shape index (κ3) is 8.12. The van der Waals surface area contributed by atoms with Gasteiger partial charge in [-0.05, 0) is 115 Å². The monoisotopic (exact) mass is 509 g/mol. The van der Waals surface area contributed by atoms with Crippen molar-refractivity contribution < 1.29 is 13.5 Å². The number of pyridine rings is 1. The molecule has 2 heterocycles. The predicted octanol–water partition coefficient (Wildman–Crippen LogP) is 3.22. The second-order valence-electron chi connectivity index (χ2n) is 10.9. The Bertz CT molecular complexity index is 892. The second kappa shape index (κ2) is 12.8. The number of piperidine rings is 1. The van der Waals surface area contributed by atoms with Gasteiger partial charge in [0.05, 0.1) is 6.61 Å². The highest BCUT2D eigenvalue weighted by Gasteiger charge is 2.37. The van der Waals surface area contributed by atoms with Crippen LogP contribution in [0.1, 0.15) is 70.8 Å². The van der Waals surface area contributed by atoms with Gasteiger partial charge in [0.1, 0.15) is 10.7 Å². The van der Waals surface area contributed by atoms with Crippen LogP contribution in [0, 0.1) is 12.3 Å². The second-order valence-corrected chi connectivity index (χ2v) is 12.6. The summed E-state index contributed by atoms with van der Waals surface area (Å²) in [7, 11) is -1.49. The lowest BCUT2D eigenvalue weighted by atomic mass is 9.67. The van der Waals surface area contributed by atoms with Gasteiger partial charge in [0.25, 0.3) is 0 Å². The molecule has 0 aromatic carbocycles. The maximum atomic E-state index is 13.3. The van der Waals surface area contributed by atoms with E-state index >= 15 is 0 Å². The van der Waals surface area contributed by atoms with E-state index < -0.39 is 10.0 Å². The molecule has 1 saturated heterocycles. The fraction of sp³-hybridized carbons (Fsp3) is 0.808. The Morgan fingerprint density at radius 1 is 1.23 bits per heavy atom. The number of hydrogen-bond acceptors (Lipinski definition) is 7. The largest absolute Gasteiger partial charge is 0.395 e. The molecule has 35 heavy (non-hydrogen) atoms. The third-order valence-electron chi connectivity index (χ3n) is 8.05. The third-order valence-corrected chi connectivity index (χ3v) is 9.65. The van der Waals surface area contributed by atoms with Gasteiger partial charge in [-0.1, -0.05) is 6.92 Å². The predicted molar refractivity (Wildman–Crippen MR) is 142 cm³/mol. The fourth-order valence-corrected chi connectivity index (χ4v) is 7.08. The molecule has 200 valence electrons. The number of sulfonamides is 1. The lowest BCUT2D eigenvalue weighted by Gasteiger charge is -2.45. The van der Waals surface area contributed by atoms with E-state index in [9.17, 15) is 8.42 Å². The summed E-state index contributed by atoms with van der Waals surface area (Å²) in [6.45, 7) is 10.8. The van der Waals surface area contributed by atoms with Gasteiger partial charge in [0.2, 0.25) is 10.0 Å². The van der Waals surface area contributed by atoms with Crippen molar-refractivity contribution in [3.05, 3.63) is 17.8 Å². The lowest BCUT2D eigenvalue weighted by Crippen LogP contribution is -2.42. The standard InChI is InChI=1S/C26H47N5O3S/c1-5-31(17-18-32)14-6-7-22(3)29-35(33,34)24-19-21(2)20-27-25(24)28-23-8-10-26(11-9-23)12-15-30(4)16-13-26/h19-20,22-23,29,32H,5-18H2,1-4H3,(H,27,28). The van der Waals surface area contributed by atoms with Gasteiger partial charge in [-0.25, -0.2) is 18.1 Å². The molecule has 0 amide bonds. The summed E-state index contributed by atoms with van der Waals surface area (Å²) in [6, 6.07) is 1.81. The Hall–Kier alpha value is -1.26. The van der Waals surface area contributed by atoms with Crippen LogP contribution >= 0.6 is 0 Å². The van der Waals surface area contributed by atoms with Crippen LogP contribution in [0.15, 0.2) is 17.2 Å². The zero-order valence-electron chi connectivity index (χ0n) is 22.2. The number of hydrogen-bond donors (Lipinski definition) is 3. The molecule has 1 aromatic rings. The SMILES string of the molecule is CCN(CCO)CCCC(C)NS(=O)(=O)c1cc(C)cnc1NC1CCC2(CC1)CCN(C)CC2. The Morgan fingerprint density at radius 2 is 1.91 bits per heavy atom. The summed E-state index contributed by atoms with van der Waals surface area (Å²) in [4.78, 5) is 9.36. The zero-order chi connectivity index (χ0) is 25.5. The number of likely N-dealkylation sites (N-methyl/N-ethyl adjacent to an activating group) is 1. The number of likely N-dealkylation sites (tertiary alicyclic amines) is 1. The van der Waals surface area contributed by atoms with E-state index in [4.69, 9.17) is 5.11 Å². The van der Waals surface area contributed by atoms with Gasteiger partial charge < -0.3 is 20.2 Å². The molecule has 1 aliphatic carbocycles. The minimum atomic E-state index is -3.70. The van der Waals surface area contributed by atoms with Crippen molar-refractivity contribution in [2.24, 2.45) is 5.41 Å². The molecule has 1 saturated carbocycles. The first kappa shape index (κ1) is 28.3. The Labute approximate surface area is 212 Å². The molecule has 1 spiro atoms. The summed E-state index contributed by atoms with van der Waals surface area (Å²) in [6.07, 6.45) is 10.4. The van der Waals surface area contributed by atoms with Crippen molar-refractivity contribution in [2.75, 3.05) is 51.7 Å². The molecule has 1 unspecified atom stereocenters. The summed E-state index contributed by atoms with van der Waals surface area (Å²) in [5.74, 6) is 0.472. The molecular formula is C26H47N5O3S. The van der Waals surface area contributed by atoms with E-state index in [0.29, 0.717) is 17.8 Å². The van der Waals surface area contributed by atoms with Crippen LogP contribution in [0.25, 0.3) is 0 Å². The van der Waals surface area contributed by atoms with Gasteiger partial charge >= 0.3 is 0 Å². The van der Waals surface area contributed by atoms with Gasteiger partial charge in [-0.15, -0.1) is 0 Å². The van der Waals surface area contributed by atoms with Crippen molar-refractivity contribution in [3.63, 3.8) is 0 Å². The molecular weight excluding hydrogens is 462 g/mol. The molecule has 1 aromatic heterocycles. The maximum absolute atomic E-state index is 13.3. The van der Waals surface area contributed by atoms with Crippen LogP contribution in [0.3, 0.4) is 0 Å². The summed E-state index contributed by atoms with van der Waals surface area (Å²) >= 11 is 0. The number of nitrogens with one attached hydrogen (secondary N) is 2. The van der Waals surface area contributed by atoms with Crippen LogP contribution in [0.4, 0.5) is 5.82 Å². The van der Waals surface area contributed by atoms with Gasteiger partial charge in [0.15, 0.2) is 0 Å². The molecule has 0 bridgehead atoms. The van der Waals surface area contributed by atoms with E-state index in [1.54, 1.807) is 12.3 Å². The average Bonchev–Trinajstić information content (AvgIpc) is 2.82. The van der Waals surface area contributed by atoms with Crippen LogP contribution in [0.2, 0.25) is 0 Å². The van der Waals surface area contributed by atoms with Crippen molar-refractivity contribution in [2.45, 2.75) is 89.1 Å². The molecule has 2 aliphatic rings. The lowest BCUT2D eigenvalue weighted by molar-refractivity contribution is 0.0770. The van der Waals surface area contributed by atoms with Crippen molar-refractivity contribution in [1.82, 2.24) is 19.5 Å². The van der Waals surface area contributed by atoms with Crippen LogP contribution < -0.4 is 10.0 Å². The molecule has 3 rings (SSSR count). The Balaban J connectivity index is 1.59. The van der Waals surface area contributed by atoms with E-state index in [0.717, 1.165) is 44.3 Å². The van der Waals surface area contributed by atoms with Gasteiger partial charge in [-0.2, -0.15) is 0 Å². The smallest absolute Gasteiger partial charge is 0.244 e. The summed E-state index contributed by atoms with van der Waals surface area (Å²) in [5, 5.41) is 12.6. The van der Waals surface area contributed by atoms with E-state index in [-0.39, 0.29) is 23.6 Å². The van der Waals surface area contributed by atoms with E-state index in [1.165, 1.54) is 38.8 Å². The minimum Gasteiger partial charge on any atom is -0.395 e. The van der Waals surface area contributed by atoms with Crippen LogP contribution in [0.5, 0.6) is 0 Å². The Morgan fingerprint density at radius 3 is 2.54 bits per heavy atom. The number of aliphatic hydroxyl groups excluding tert-OH is 1. The average molecular weight is 510 g/mol. The first-order valence-electron chi connectivity index (χ1n) is 13.4. The first-order chi connectivity index (χ1) is 16.7. The highest BCUT2D eigenvalue weighted by Crippen LogP contribution is 2.45. The van der Waals surface area contributed by atoms with Crippen molar-refractivity contribution >= 4 is 15.8 Å².